The molecule has 0 aliphatic rings. The Kier molecular flexibility index (Phi) is 5.55. The molecule has 0 aliphatic heterocycles. The minimum Gasteiger partial charge on any atom is -0.370 e. The number of rotatable bonds is 8. The van der Waals surface area contributed by atoms with Crippen LogP contribution in [-0.2, 0) is 13.1 Å². The molecule has 0 amide bonds. The summed E-state index contributed by atoms with van der Waals surface area (Å²) in [6, 6.07) is 10.5. The van der Waals surface area contributed by atoms with Crippen molar-refractivity contribution < 1.29 is 0 Å². The molecule has 0 radical (unpaired) electrons. The van der Waals surface area contributed by atoms with Gasteiger partial charge in [0, 0.05) is 31.5 Å². The lowest BCUT2D eigenvalue weighted by Gasteiger charge is -2.22. The molecule has 1 N–H and O–H groups in total. The van der Waals surface area contributed by atoms with Gasteiger partial charge in [0.25, 0.3) is 0 Å². The Morgan fingerprint density at radius 3 is 2.70 bits per heavy atom. The lowest BCUT2D eigenvalue weighted by atomic mass is 10.3. The molecular formula is C15H23N5. The number of nitrogens with zero attached hydrogens (tertiary/aromatic N) is 4. The van der Waals surface area contributed by atoms with Crippen molar-refractivity contribution >= 4 is 5.69 Å². The van der Waals surface area contributed by atoms with Crippen molar-refractivity contribution in [3.05, 3.63) is 42.2 Å². The highest BCUT2D eigenvalue weighted by atomic mass is 15.4. The van der Waals surface area contributed by atoms with E-state index in [2.05, 4.69) is 58.6 Å². The van der Waals surface area contributed by atoms with Crippen molar-refractivity contribution in [3.63, 3.8) is 0 Å². The number of aromatic nitrogens is 3. The van der Waals surface area contributed by atoms with Gasteiger partial charge in [-0.1, -0.05) is 30.3 Å². The quantitative estimate of drug-likeness (QED) is 0.798. The lowest BCUT2D eigenvalue weighted by Crippen LogP contribution is -2.27. The predicted octanol–water partition coefficient (Wildman–Crippen LogP) is 1.91. The third-order valence-electron chi connectivity index (χ3n) is 3.24. The number of anilines is 1. The van der Waals surface area contributed by atoms with E-state index in [1.807, 2.05) is 16.9 Å². The van der Waals surface area contributed by atoms with Crippen LogP contribution in [0.25, 0.3) is 0 Å². The first-order chi connectivity index (χ1) is 9.83. The number of para-hydroxylation sites is 1. The van der Waals surface area contributed by atoms with Crippen molar-refractivity contribution in [1.82, 2.24) is 20.3 Å². The van der Waals surface area contributed by atoms with Crippen LogP contribution in [0.3, 0.4) is 0 Å². The number of likely N-dealkylation sites (N-methyl/N-ethyl adjacent to an activating group) is 1. The molecule has 0 bridgehead atoms. The summed E-state index contributed by atoms with van der Waals surface area (Å²) in [6.45, 7) is 8.76. The maximum atomic E-state index is 4.17. The maximum Gasteiger partial charge on any atom is 0.0964 e. The van der Waals surface area contributed by atoms with Gasteiger partial charge in [-0.2, -0.15) is 0 Å². The Morgan fingerprint density at radius 1 is 1.20 bits per heavy atom. The maximum absolute atomic E-state index is 4.17. The second-order valence-electron chi connectivity index (χ2n) is 4.67. The largest absolute Gasteiger partial charge is 0.370 e. The Bertz CT molecular complexity index is 494. The van der Waals surface area contributed by atoms with Crippen LogP contribution in [0.4, 0.5) is 5.69 Å². The van der Waals surface area contributed by atoms with E-state index < -0.39 is 0 Å². The molecule has 0 saturated carbocycles. The summed E-state index contributed by atoms with van der Waals surface area (Å²) in [5.74, 6) is 0. The van der Waals surface area contributed by atoms with Crippen LogP contribution in [-0.4, -0.2) is 34.6 Å². The van der Waals surface area contributed by atoms with Crippen LogP contribution in [0.2, 0.25) is 0 Å². The van der Waals surface area contributed by atoms with Gasteiger partial charge in [-0.3, -0.25) is 4.68 Å². The molecule has 2 rings (SSSR count). The van der Waals surface area contributed by atoms with Crippen LogP contribution in [0.5, 0.6) is 0 Å². The molecule has 1 heterocycles. The van der Waals surface area contributed by atoms with E-state index in [1.54, 1.807) is 0 Å². The Labute approximate surface area is 120 Å². The van der Waals surface area contributed by atoms with Crippen molar-refractivity contribution in [1.29, 1.82) is 0 Å². The summed E-state index contributed by atoms with van der Waals surface area (Å²) in [5, 5.41) is 11.6. The van der Waals surface area contributed by atoms with Crippen LogP contribution in [0.1, 0.15) is 19.5 Å². The smallest absolute Gasteiger partial charge is 0.0964 e. The van der Waals surface area contributed by atoms with Gasteiger partial charge in [0.05, 0.1) is 12.2 Å². The summed E-state index contributed by atoms with van der Waals surface area (Å²) in [4.78, 5) is 2.34. The molecule has 1 aromatic heterocycles. The zero-order chi connectivity index (χ0) is 14.2. The fraction of sp³-hybridized carbons (Fsp3) is 0.467. The first kappa shape index (κ1) is 14.5. The number of nitrogens with one attached hydrogen (secondary N) is 1. The molecular weight excluding hydrogens is 250 g/mol. The van der Waals surface area contributed by atoms with Crippen molar-refractivity contribution in [3.8, 4) is 0 Å². The van der Waals surface area contributed by atoms with E-state index in [4.69, 9.17) is 0 Å². The first-order valence-corrected chi connectivity index (χ1v) is 7.23. The second-order valence-corrected chi connectivity index (χ2v) is 4.67. The van der Waals surface area contributed by atoms with Crippen LogP contribution < -0.4 is 10.2 Å². The molecule has 5 nitrogen and oxygen atoms in total. The molecule has 0 atom stereocenters. The molecule has 0 aliphatic carbocycles. The SMILES string of the molecule is CCNCc1cn(CCN(CC)c2ccccc2)nn1. The monoisotopic (exact) mass is 273 g/mol. The highest BCUT2D eigenvalue weighted by Crippen LogP contribution is 2.12. The summed E-state index contributed by atoms with van der Waals surface area (Å²) < 4.78 is 1.91. The summed E-state index contributed by atoms with van der Waals surface area (Å²) in [5.41, 5.74) is 2.25. The Balaban J connectivity index is 1.88. The third-order valence-corrected chi connectivity index (χ3v) is 3.24. The van der Waals surface area contributed by atoms with Gasteiger partial charge in [-0.15, -0.1) is 5.10 Å². The average molecular weight is 273 g/mol. The van der Waals surface area contributed by atoms with Crippen LogP contribution in [0, 0.1) is 0 Å². The fourth-order valence-corrected chi connectivity index (χ4v) is 2.11. The van der Waals surface area contributed by atoms with Crippen LogP contribution >= 0.6 is 0 Å². The summed E-state index contributed by atoms with van der Waals surface area (Å²) in [6.07, 6.45) is 2.02. The van der Waals surface area contributed by atoms with E-state index in [9.17, 15) is 0 Å². The van der Waals surface area contributed by atoms with E-state index >= 15 is 0 Å². The highest BCUT2D eigenvalue weighted by Gasteiger charge is 2.05. The van der Waals surface area contributed by atoms with Gasteiger partial charge in [-0.05, 0) is 25.6 Å². The molecule has 2 aromatic rings. The summed E-state index contributed by atoms with van der Waals surface area (Å²) in [7, 11) is 0. The van der Waals surface area contributed by atoms with Gasteiger partial charge < -0.3 is 10.2 Å². The fourth-order valence-electron chi connectivity index (χ4n) is 2.11. The van der Waals surface area contributed by atoms with Gasteiger partial charge in [-0.25, -0.2) is 0 Å². The average Bonchev–Trinajstić information content (AvgIpc) is 2.95. The molecule has 5 heteroatoms. The summed E-state index contributed by atoms with van der Waals surface area (Å²) >= 11 is 0. The molecule has 0 unspecified atom stereocenters. The molecule has 20 heavy (non-hydrogen) atoms. The van der Waals surface area contributed by atoms with Gasteiger partial charge in [0.2, 0.25) is 0 Å². The minimum atomic E-state index is 0.784. The molecule has 0 fully saturated rings. The van der Waals surface area contributed by atoms with Crippen molar-refractivity contribution in [2.75, 3.05) is 24.5 Å². The van der Waals surface area contributed by atoms with E-state index in [0.29, 0.717) is 0 Å². The lowest BCUT2D eigenvalue weighted by molar-refractivity contribution is 0.578. The third kappa shape index (κ3) is 4.06. The molecule has 108 valence electrons. The Morgan fingerprint density at radius 2 is 2.00 bits per heavy atom. The van der Waals surface area contributed by atoms with Crippen molar-refractivity contribution in [2.24, 2.45) is 0 Å². The molecule has 0 spiro atoms. The highest BCUT2D eigenvalue weighted by molar-refractivity contribution is 5.45. The number of hydrogen-bond donors (Lipinski definition) is 1. The van der Waals surface area contributed by atoms with E-state index in [-0.39, 0.29) is 0 Å². The van der Waals surface area contributed by atoms with Gasteiger partial charge >= 0.3 is 0 Å². The zero-order valence-electron chi connectivity index (χ0n) is 12.3. The number of hydrogen-bond acceptors (Lipinski definition) is 4. The van der Waals surface area contributed by atoms with Gasteiger partial charge in [0.15, 0.2) is 0 Å². The van der Waals surface area contributed by atoms with Crippen LogP contribution in [0.15, 0.2) is 36.5 Å². The van der Waals surface area contributed by atoms with E-state index in [1.165, 1.54) is 5.69 Å². The standard InChI is InChI=1S/C15H23N5/c1-3-16-12-14-13-20(18-17-14)11-10-19(4-2)15-8-6-5-7-9-15/h5-9,13,16H,3-4,10-12H2,1-2H3. The molecule has 0 saturated heterocycles. The normalized spacial score (nSPS) is 10.7. The zero-order valence-corrected chi connectivity index (χ0v) is 12.3. The minimum absolute atomic E-state index is 0.784. The Hall–Kier alpha value is -1.88. The topological polar surface area (TPSA) is 46.0 Å². The predicted molar refractivity (Wildman–Crippen MR) is 81.7 cm³/mol. The van der Waals surface area contributed by atoms with Crippen molar-refractivity contribution in [2.45, 2.75) is 26.9 Å². The number of benzene rings is 1. The first-order valence-electron chi connectivity index (χ1n) is 7.23. The van der Waals surface area contributed by atoms with Gasteiger partial charge in [0.1, 0.15) is 0 Å². The van der Waals surface area contributed by atoms with E-state index in [0.717, 1.165) is 38.4 Å². The second kappa shape index (κ2) is 7.65. The molecule has 1 aromatic carbocycles.